The van der Waals surface area contributed by atoms with Gasteiger partial charge in [-0.2, -0.15) is 11.8 Å². The van der Waals surface area contributed by atoms with E-state index in [1.807, 2.05) is 11.8 Å². The molecule has 2 N–H and O–H groups in total. The lowest BCUT2D eigenvalue weighted by Gasteiger charge is -2.20. The van der Waals surface area contributed by atoms with Crippen LogP contribution in [0.5, 0.6) is 0 Å². The number of rotatable bonds is 4. The first kappa shape index (κ1) is 11.9. The van der Waals surface area contributed by atoms with Gasteiger partial charge in [-0.3, -0.25) is 0 Å². The van der Waals surface area contributed by atoms with Crippen LogP contribution in [0, 0.1) is 12.3 Å². The Morgan fingerprint density at radius 1 is 1.50 bits per heavy atom. The quantitative estimate of drug-likeness (QED) is 0.680. The van der Waals surface area contributed by atoms with Crippen molar-refractivity contribution in [3.05, 3.63) is 0 Å². The zero-order valence-electron chi connectivity index (χ0n) is 8.26. The van der Waals surface area contributed by atoms with E-state index in [1.54, 1.807) is 0 Å². The molecule has 1 nitrogen and oxygen atoms in total. The third-order valence-electron chi connectivity index (χ3n) is 1.39. The van der Waals surface area contributed by atoms with Crippen LogP contribution in [0.4, 0.5) is 0 Å². The Hall–Kier alpha value is -0.130. The van der Waals surface area contributed by atoms with Gasteiger partial charge in [-0.25, -0.2) is 0 Å². The van der Waals surface area contributed by atoms with Crippen LogP contribution in [0.3, 0.4) is 0 Å². The van der Waals surface area contributed by atoms with Gasteiger partial charge in [-0.05, 0) is 6.42 Å². The average molecular weight is 185 g/mol. The molecular formula is C10H19NS. The summed E-state index contributed by atoms with van der Waals surface area (Å²) in [5, 5.41) is 0. The molecule has 70 valence electrons. The zero-order chi connectivity index (χ0) is 9.61. The monoisotopic (exact) mass is 185 g/mol. The minimum Gasteiger partial charge on any atom is -0.327 e. The lowest BCUT2D eigenvalue weighted by Crippen LogP contribution is -2.25. The summed E-state index contributed by atoms with van der Waals surface area (Å²) in [5.41, 5.74) is 5.85. The third kappa shape index (κ3) is 7.97. The van der Waals surface area contributed by atoms with Gasteiger partial charge >= 0.3 is 0 Å². The van der Waals surface area contributed by atoms with Gasteiger partial charge < -0.3 is 5.73 Å². The number of thioether (sulfide) groups is 1. The number of nitrogens with two attached hydrogens (primary N) is 1. The molecule has 0 aliphatic heterocycles. The maximum absolute atomic E-state index is 5.85. The van der Waals surface area contributed by atoms with E-state index in [1.165, 1.54) is 0 Å². The van der Waals surface area contributed by atoms with E-state index in [0.717, 1.165) is 18.6 Å². The maximum Gasteiger partial charge on any atom is 0.0139 e. The average Bonchev–Trinajstić information content (AvgIpc) is 1.95. The lowest BCUT2D eigenvalue weighted by molar-refractivity contribution is 0.685. The summed E-state index contributed by atoms with van der Waals surface area (Å²) in [6, 6.07) is 0.255. The molecule has 1 unspecified atom stereocenters. The molecule has 0 radical (unpaired) electrons. The van der Waals surface area contributed by atoms with Crippen LogP contribution in [-0.2, 0) is 0 Å². The molecule has 0 aliphatic rings. The van der Waals surface area contributed by atoms with Crippen LogP contribution in [0.2, 0.25) is 0 Å². The molecule has 0 aromatic heterocycles. The first-order valence-corrected chi connectivity index (χ1v) is 5.27. The van der Waals surface area contributed by atoms with Crippen LogP contribution >= 0.6 is 11.8 Å². The lowest BCUT2D eigenvalue weighted by atomic mass is 10.2. The molecule has 0 saturated heterocycles. The second-order valence-corrected chi connectivity index (χ2v) is 5.77. The molecule has 1 atom stereocenters. The molecule has 0 aromatic rings. The van der Waals surface area contributed by atoms with E-state index < -0.39 is 0 Å². The van der Waals surface area contributed by atoms with Crippen molar-refractivity contribution in [2.24, 2.45) is 5.73 Å². The second kappa shape index (κ2) is 5.50. The highest BCUT2D eigenvalue weighted by molar-refractivity contribution is 8.00. The van der Waals surface area contributed by atoms with E-state index in [2.05, 4.69) is 26.7 Å². The number of terminal acetylenes is 1. The normalized spacial score (nSPS) is 13.9. The highest BCUT2D eigenvalue weighted by Gasteiger charge is 2.12. The van der Waals surface area contributed by atoms with Gasteiger partial charge in [-0.1, -0.05) is 20.8 Å². The van der Waals surface area contributed by atoms with Crippen molar-refractivity contribution >= 4 is 11.8 Å². The first-order chi connectivity index (χ1) is 5.45. The van der Waals surface area contributed by atoms with Crippen LogP contribution in [0.25, 0.3) is 0 Å². The fourth-order valence-electron chi connectivity index (χ4n) is 0.709. The predicted octanol–water partition coefficient (Wildman–Crippen LogP) is 2.26. The summed E-state index contributed by atoms with van der Waals surface area (Å²) in [6.45, 7) is 6.60. The van der Waals surface area contributed by atoms with Crippen molar-refractivity contribution in [3.63, 3.8) is 0 Å². The van der Waals surface area contributed by atoms with Gasteiger partial charge in [-0.15, -0.1) is 12.3 Å². The standard InChI is InChI=1S/C10H19NS/c1-5-6-7-9(11)8-12-10(2,3)4/h1,9H,6-8,11H2,2-4H3. The van der Waals surface area contributed by atoms with Crippen molar-refractivity contribution in [1.82, 2.24) is 0 Å². The molecule has 0 fully saturated rings. The predicted molar refractivity (Wildman–Crippen MR) is 58.3 cm³/mol. The van der Waals surface area contributed by atoms with Gasteiger partial charge in [0.1, 0.15) is 0 Å². The SMILES string of the molecule is C#CCCC(N)CSC(C)(C)C. The van der Waals surface area contributed by atoms with E-state index >= 15 is 0 Å². The van der Waals surface area contributed by atoms with Gasteiger partial charge in [0.15, 0.2) is 0 Å². The molecule has 0 spiro atoms. The van der Waals surface area contributed by atoms with Crippen molar-refractivity contribution in [2.45, 2.75) is 44.4 Å². The Kier molecular flexibility index (Phi) is 5.44. The fraction of sp³-hybridized carbons (Fsp3) is 0.800. The van der Waals surface area contributed by atoms with Crippen molar-refractivity contribution in [2.75, 3.05) is 5.75 Å². The van der Waals surface area contributed by atoms with Crippen molar-refractivity contribution in [1.29, 1.82) is 0 Å². The maximum atomic E-state index is 5.85. The Morgan fingerprint density at radius 2 is 2.08 bits per heavy atom. The zero-order valence-corrected chi connectivity index (χ0v) is 9.08. The Labute approximate surface area is 80.5 Å². The van der Waals surface area contributed by atoms with Crippen LogP contribution < -0.4 is 5.73 Å². The largest absolute Gasteiger partial charge is 0.327 e. The molecule has 12 heavy (non-hydrogen) atoms. The van der Waals surface area contributed by atoms with Crippen molar-refractivity contribution < 1.29 is 0 Å². The Bertz CT molecular complexity index is 152. The highest BCUT2D eigenvalue weighted by Crippen LogP contribution is 2.23. The minimum absolute atomic E-state index is 0.255. The van der Waals surface area contributed by atoms with Crippen LogP contribution in [-0.4, -0.2) is 16.5 Å². The Morgan fingerprint density at radius 3 is 2.50 bits per heavy atom. The van der Waals surface area contributed by atoms with Gasteiger partial charge in [0, 0.05) is 23.0 Å². The summed E-state index contributed by atoms with van der Waals surface area (Å²) in [7, 11) is 0. The Balaban J connectivity index is 3.45. The van der Waals surface area contributed by atoms with Crippen LogP contribution in [0.1, 0.15) is 33.6 Å². The number of hydrogen-bond acceptors (Lipinski definition) is 2. The molecule has 0 saturated carbocycles. The third-order valence-corrected chi connectivity index (χ3v) is 2.85. The van der Waals surface area contributed by atoms with E-state index in [4.69, 9.17) is 12.2 Å². The molecule has 2 heteroatoms. The smallest absolute Gasteiger partial charge is 0.0139 e. The van der Waals surface area contributed by atoms with E-state index in [0.29, 0.717) is 4.75 Å². The first-order valence-electron chi connectivity index (χ1n) is 4.28. The van der Waals surface area contributed by atoms with Gasteiger partial charge in [0.25, 0.3) is 0 Å². The molecular weight excluding hydrogens is 166 g/mol. The van der Waals surface area contributed by atoms with E-state index in [9.17, 15) is 0 Å². The summed E-state index contributed by atoms with van der Waals surface area (Å²) in [6.07, 6.45) is 6.89. The van der Waals surface area contributed by atoms with Crippen LogP contribution in [0.15, 0.2) is 0 Å². The van der Waals surface area contributed by atoms with Gasteiger partial charge in [0.2, 0.25) is 0 Å². The summed E-state index contributed by atoms with van der Waals surface area (Å²) < 4.78 is 0.313. The molecule has 0 amide bonds. The minimum atomic E-state index is 0.255. The van der Waals surface area contributed by atoms with E-state index in [-0.39, 0.29) is 6.04 Å². The molecule has 0 aromatic carbocycles. The topological polar surface area (TPSA) is 26.0 Å². The van der Waals surface area contributed by atoms with Gasteiger partial charge in [0.05, 0.1) is 0 Å². The fourth-order valence-corrected chi connectivity index (χ4v) is 1.59. The molecule has 0 bridgehead atoms. The van der Waals surface area contributed by atoms with Crippen molar-refractivity contribution in [3.8, 4) is 12.3 Å². The second-order valence-electron chi connectivity index (χ2n) is 3.93. The highest BCUT2D eigenvalue weighted by atomic mass is 32.2. The summed E-state index contributed by atoms with van der Waals surface area (Å²) in [4.78, 5) is 0. The molecule has 0 heterocycles. The number of hydrogen-bond donors (Lipinski definition) is 1. The summed E-state index contributed by atoms with van der Waals surface area (Å²) in [5.74, 6) is 3.61. The molecule has 0 rings (SSSR count). The summed E-state index contributed by atoms with van der Waals surface area (Å²) >= 11 is 1.90. The molecule has 0 aliphatic carbocycles.